The second kappa shape index (κ2) is 4.88. The first-order valence-electron chi connectivity index (χ1n) is 2.73. The van der Waals surface area contributed by atoms with Crippen LogP contribution in [0, 0.1) is 0 Å². The number of ketones is 2. The molecule has 0 saturated carbocycles. The number of hydrogen-bond donors (Lipinski definition) is 2. The summed E-state index contributed by atoms with van der Waals surface area (Å²) in [5.74, 6) is -3.99. The van der Waals surface area contributed by atoms with Crippen LogP contribution in [-0.2, 0) is 9.59 Å². The van der Waals surface area contributed by atoms with E-state index in [4.69, 9.17) is 33.4 Å². The average molecular weight is 346 g/mol. The van der Waals surface area contributed by atoms with Crippen molar-refractivity contribution in [3.8, 4) is 0 Å². The van der Waals surface area contributed by atoms with Crippen LogP contribution in [0.4, 0.5) is 0 Å². The Kier molecular flexibility index (Phi) is 5.10. The Morgan fingerprint density at radius 1 is 0.846 bits per heavy atom. The Bertz CT molecular complexity index is 283. The smallest absolute Gasteiger partial charge is 0.503 e. The fourth-order valence-electron chi connectivity index (χ4n) is 0.622. The van der Waals surface area contributed by atoms with Crippen LogP contribution in [0.2, 0.25) is 0 Å². The summed E-state index contributed by atoms with van der Waals surface area (Å²) in [4.78, 5) is 21.6. The third kappa shape index (κ3) is 2.33. The van der Waals surface area contributed by atoms with Crippen molar-refractivity contribution in [2.45, 2.75) is 0 Å². The maximum Gasteiger partial charge on any atom is 2.00 e. The summed E-state index contributed by atoms with van der Waals surface area (Å²) in [6, 6.07) is 0. The third-order valence-electron chi connectivity index (χ3n) is 1.24. The van der Waals surface area contributed by atoms with Crippen LogP contribution in [0.15, 0.2) is 21.6 Å². The number of aliphatic hydroxyl groups is 2. The van der Waals surface area contributed by atoms with E-state index in [9.17, 15) is 9.59 Å². The van der Waals surface area contributed by atoms with Gasteiger partial charge >= 0.3 is 48.9 Å². The van der Waals surface area contributed by atoms with Gasteiger partial charge in [0.05, 0.1) is 0 Å². The Balaban J connectivity index is 0.00000144. The Morgan fingerprint density at radius 2 is 1.08 bits per heavy atom. The molecule has 0 bridgehead atoms. The molecule has 0 fully saturated rings. The molecule has 64 valence electrons. The summed E-state index contributed by atoms with van der Waals surface area (Å²) >= 11 is 10.4. The average Bonchev–Trinajstić information content (AvgIpc) is 2.08. The number of allylic oxidation sites excluding steroid dienone is 2. The van der Waals surface area contributed by atoms with Gasteiger partial charge in [0, 0.05) is 0 Å². The first-order valence-corrected chi connectivity index (χ1v) is 3.49. The van der Waals surface area contributed by atoms with Gasteiger partial charge in [0.15, 0.2) is 11.5 Å². The molecule has 1 aliphatic carbocycles. The number of rotatable bonds is 0. The summed E-state index contributed by atoms with van der Waals surface area (Å²) < 4.78 is 0. The molecule has 0 heterocycles. The summed E-state index contributed by atoms with van der Waals surface area (Å²) in [6.07, 6.45) is 0. The van der Waals surface area contributed by atoms with E-state index in [1.54, 1.807) is 0 Å². The summed E-state index contributed by atoms with van der Waals surface area (Å²) in [6.45, 7) is 0. The van der Waals surface area contributed by atoms with Gasteiger partial charge in [-0.05, 0) is 0 Å². The first kappa shape index (κ1) is 13.6. The van der Waals surface area contributed by atoms with E-state index in [0.717, 1.165) is 0 Å². The number of Topliss-reactive ketones (excluding diaryl/α,β-unsaturated/α-hetero) is 2. The van der Waals surface area contributed by atoms with Crippen molar-refractivity contribution in [3.05, 3.63) is 21.6 Å². The second-order valence-electron chi connectivity index (χ2n) is 1.98. The molecule has 13 heavy (non-hydrogen) atoms. The largest absolute Gasteiger partial charge is 2.00 e. The maximum absolute atomic E-state index is 10.8. The molecule has 0 aliphatic heterocycles. The van der Waals surface area contributed by atoms with Crippen LogP contribution in [0.5, 0.6) is 0 Å². The molecule has 1 rings (SSSR count). The van der Waals surface area contributed by atoms with Crippen LogP contribution < -0.4 is 0 Å². The number of hydrogen-bond acceptors (Lipinski definition) is 4. The summed E-state index contributed by atoms with van der Waals surface area (Å²) in [7, 11) is 0. The quantitative estimate of drug-likeness (QED) is 0.502. The minimum absolute atomic E-state index is 0. The van der Waals surface area contributed by atoms with Gasteiger partial charge in [-0.15, -0.1) is 0 Å². The second-order valence-corrected chi connectivity index (χ2v) is 2.74. The van der Waals surface area contributed by atoms with Gasteiger partial charge < -0.3 is 10.2 Å². The van der Waals surface area contributed by atoms with Crippen LogP contribution >= 0.6 is 23.2 Å². The van der Waals surface area contributed by atoms with Gasteiger partial charge in [0.2, 0.25) is 11.6 Å². The molecule has 2 N–H and O–H groups in total. The van der Waals surface area contributed by atoms with Crippen molar-refractivity contribution < 1.29 is 19.8 Å². The molecule has 0 saturated heterocycles. The van der Waals surface area contributed by atoms with E-state index in [0.29, 0.717) is 0 Å². The molecular formula is C6H2BaCl2O4+2. The Hall–Kier alpha value is 0.571. The van der Waals surface area contributed by atoms with Gasteiger partial charge in [0.1, 0.15) is 10.1 Å². The normalized spacial score (nSPS) is 17.7. The van der Waals surface area contributed by atoms with E-state index in [-0.39, 0.29) is 48.9 Å². The van der Waals surface area contributed by atoms with Gasteiger partial charge in [0.25, 0.3) is 0 Å². The van der Waals surface area contributed by atoms with E-state index < -0.39 is 33.1 Å². The van der Waals surface area contributed by atoms with E-state index in [1.165, 1.54) is 0 Å². The maximum atomic E-state index is 10.8. The molecule has 1 aliphatic rings. The fraction of sp³-hybridized carbons (Fsp3) is 0. The zero-order valence-corrected chi connectivity index (χ0v) is 12.1. The van der Waals surface area contributed by atoms with Crippen LogP contribution in [0.25, 0.3) is 0 Å². The number of halogens is 2. The number of carbonyl (C=O) groups excluding carboxylic acids is 2. The van der Waals surface area contributed by atoms with Crippen molar-refractivity contribution in [1.82, 2.24) is 0 Å². The topological polar surface area (TPSA) is 74.6 Å². The van der Waals surface area contributed by atoms with Crippen molar-refractivity contribution in [2.24, 2.45) is 0 Å². The molecule has 0 spiro atoms. The predicted molar refractivity (Wildman–Crippen MR) is 46.8 cm³/mol. The molecule has 0 atom stereocenters. The SMILES string of the molecule is O=C1C(O)=C(Cl)C(=O)C(O)=C1Cl.[Ba+2]. The monoisotopic (exact) mass is 346 g/mol. The van der Waals surface area contributed by atoms with Gasteiger partial charge in [-0.1, -0.05) is 23.2 Å². The molecule has 0 aromatic heterocycles. The van der Waals surface area contributed by atoms with E-state index >= 15 is 0 Å². The molecule has 4 nitrogen and oxygen atoms in total. The van der Waals surface area contributed by atoms with Crippen LogP contribution in [-0.4, -0.2) is 70.7 Å². The third-order valence-corrected chi connectivity index (χ3v) is 1.95. The number of carbonyl (C=O) groups is 2. The molecular weight excluding hydrogens is 344 g/mol. The van der Waals surface area contributed by atoms with Crippen LogP contribution in [0.3, 0.4) is 0 Å². The van der Waals surface area contributed by atoms with Gasteiger partial charge in [-0.3, -0.25) is 9.59 Å². The van der Waals surface area contributed by atoms with E-state index in [1.807, 2.05) is 0 Å². The van der Waals surface area contributed by atoms with E-state index in [2.05, 4.69) is 0 Å². The van der Waals surface area contributed by atoms with Crippen LogP contribution in [0.1, 0.15) is 0 Å². The summed E-state index contributed by atoms with van der Waals surface area (Å²) in [5, 5.41) is 16.3. The molecule has 0 aromatic carbocycles. The molecule has 0 amide bonds. The minimum atomic E-state index is -1.06. The predicted octanol–water partition coefficient (Wildman–Crippen LogP) is 0.774. The van der Waals surface area contributed by atoms with Crippen molar-refractivity contribution in [1.29, 1.82) is 0 Å². The Labute approximate surface area is 123 Å². The van der Waals surface area contributed by atoms with Crippen molar-refractivity contribution in [3.63, 3.8) is 0 Å². The molecule has 0 radical (unpaired) electrons. The summed E-state index contributed by atoms with van der Waals surface area (Å²) in [5.41, 5.74) is 0. The molecule has 7 heteroatoms. The van der Waals surface area contributed by atoms with Gasteiger partial charge in [-0.2, -0.15) is 0 Å². The molecule has 0 unspecified atom stereocenters. The standard InChI is InChI=1S/C6H2Cl2O4.Ba/c7-1-3(9)5(11)2(8)6(12)4(1)10;/h9,12H;/q;+2. The first-order chi connectivity index (χ1) is 5.46. The zero-order chi connectivity index (χ0) is 9.46. The Morgan fingerprint density at radius 3 is 1.31 bits per heavy atom. The van der Waals surface area contributed by atoms with Gasteiger partial charge in [-0.25, -0.2) is 0 Å². The molecule has 0 aromatic rings. The fourth-order valence-corrected chi connectivity index (χ4v) is 0.973. The van der Waals surface area contributed by atoms with Crippen molar-refractivity contribution in [2.75, 3.05) is 0 Å². The number of aliphatic hydroxyl groups excluding tert-OH is 2. The van der Waals surface area contributed by atoms with Crippen molar-refractivity contribution >= 4 is 83.6 Å². The minimum Gasteiger partial charge on any atom is -0.503 e. The zero-order valence-electron chi connectivity index (χ0n) is 6.17.